The number of rotatable bonds is 3. The zero-order chi connectivity index (χ0) is 13.8. The van der Waals surface area contributed by atoms with Crippen molar-refractivity contribution in [2.24, 2.45) is 0 Å². The van der Waals surface area contributed by atoms with E-state index < -0.39 is 0 Å². The number of halogens is 1. The fourth-order valence-corrected chi connectivity index (χ4v) is 1.95. The number of nitrogens with one attached hydrogen (secondary N) is 1. The van der Waals surface area contributed by atoms with Crippen molar-refractivity contribution in [3.63, 3.8) is 0 Å². The Morgan fingerprint density at radius 3 is 2.74 bits per heavy atom. The molecule has 1 N–H and O–H groups in total. The van der Waals surface area contributed by atoms with E-state index in [1.54, 1.807) is 0 Å². The van der Waals surface area contributed by atoms with Crippen molar-refractivity contribution >= 4 is 5.69 Å². The highest BCUT2D eigenvalue weighted by Crippen LogP contribution is 2.19. The molecule has 96 valence electrons. The van der Waals surface area contributed by atoms with Crippen LogP contribution in [-0.2, 0) is 6.54 Å². The first-order valence-corrected chi connectivity index (χ1v) is 6.10. The second-order valence-corrected chi connectivity index (χ2v) is 4.51. The van der Waals surface area contributed by atoms with Crippen LogP contribution >= 0.6 is 0 Å². The van der Waals surface area contributed by atoms with Gasteiger partial charge in [-0.15, -0.1) is 0 Å². The van der Waals surface area contributed by atoms with E-state index >= 15 is 0 Å². The van der Waals surface area contributed by atoms with Crippen LogP contribution < -0.4 is 5.32 Å². The molecule has 0 aliphatic heterocycles. The molecule has 0 spiro atoms. The lowest BCUT2D eigenvalue weighted by Crippen LogP contribution is -2.04. The van der Waals surface area contributed by atoms with Gasteiger partial charge in [0.1, 0.15) is 5.82 Å². The van der Waals surface area contributed by atoms with Crippen LogP contribution in [0.4, 0.5) is 10.1 Å². The van der Waals surface area contributed by atoms with Gasteiger partial charge in [-0.25, -0.2) is 4.39 Å². The number of anilines is 1. The summed E-state index contributed by atoms with van der Waals surface area (Å²) in [6.07, 6.45) is 0. The lowest BCUT2D eigenvalue weighted by atomic mass is 10.1. The molecule has 0 fully saturated rings. The molecule has 0 heterocycles. The van der Waals surface area contributed by atoms with Gasteiger partial charge in [-0.1, -0.05) is 12.1 Å². The van der Waals surface area contributed by atoms with E-state index in [0.717, 1.165) is 11.3 Å². The maximum Gasteiger partial charge on any atom is 0.123 e. The summed E-state index contributed by atoms with van der Waals surface area (Å²) in [7, 11) is 0. The smallest absolute Gasteiger partial charge is 0.123 e. The lowest BCUT2D eigenvalue weighted by molar-refractivity contribution is 0.625. The maximum absolute atomic E-state index is 13.2. The van der Waals surface area contributed by atoms with Crippen molar-refractivity contribution in [3.05, 3.63) is 64.5 Å². The standard InChI is InChI=1S/C16H15FN2/c1-11-4-3-5-16(12(11)2)19-10-14-8-15(17)7-6-13(14)9-18/h3-8,19H,10H2,1-2H3. The lowest BCUT2D eigenvalue weighted by Gasteiger charge is -2.12. The third-order valence-electron chi connectivity index (χ3n) is 3.26. The number of hydrogen-bond donors (Lipinski definition) is 1. The third-order valence-corrected chi connectivity index (χ3v) is 3.26. The first-order chi connectivity index (χ1) is 9.11. The Balaban J connectivity index is 2.21. The largest absolute Gasteiger partial charge is 0.381 e. The van der Waals surface area contributed by atoms with E-state index in [0.29, 0.717) is 17.7 Å². The number of benzene rings is 2. The molecule has 0 unspecified atom stereocenters. The van der Waals surface area contributed by atoms with E-state index in [9.17, 15) is 4.39 Å². The third kappa shape index (κ3) is 2.92. The van der Waals surface area contributed by atoms with Gasteiger partial charge >= 0.3 is 0 Å². The average Bonchev–Trinajstić information content (AvgIpc) is 2.40. The first kappa shape index (κ1) is 13.1. The van der Waals surface area contributed by atoms with Crippen molar-refractivity contribution in [2.45, 2.75) is 20.4 Å². The predicted molar refractivity (Wildman–Crippen MR) is 74.4 cm³/mol. The summed E-state index contributed by atoms with van der Waals surface area (Å²) in [5.41, 5.74) is 4.54. The molecule has 3 heteroatoms. The van der Waals surface area contributed by atoms with Gasteiger partial charge in [0.25, 0.3) is 0 Å². The Bertz CT molecular complexity index is 642. The predicted octanol–water partition coefficient (Wildman–Crippen LogP) is 3.93. The fourth-order valence-electron chi connectivity index (χ4n) is 1.95. The summed E-state index contributed by atoms with van der Waals surface area (Å²) in [4.78, 5) is 0. The summed E-state index contributed by atoms with van der Waals surface area (Å²) < 4.78 is 13.2. The first-order valence-electron chi connectivity index (χ1n) is 6.10. The molecule has 0 aliphatic rings. The van der Waals surface area contributed by atoms with Gasteiger partial charge in [0.2, 0.25) is 0 Å². The summed E-state index contributed by atoms with van der Waals surface area (Å²) in [6.45, 7) is 4.52. The number of hydrogen-bond acceptors (Lipinski definition) is 2. The van der Waals surface area contributed by atoms with Gasteiger partial charge in [0.05, 0.1) is 11.6 Å². The van der Waals surface area contributed by atoms with Crippen molar-refractivity contribution in [2.75, 3.05) is 5.32 Å². The summed E-state index contributed by atoms with van der Waals surface area (Å²) in [6, 6.07) is 12.3. The van der Waals surface area contributed by atoms with Gasteiger partial charge < -0.3 is 5.32 Å². The molecule has 0 amide bonds. The molecular weight excluding hydrogens is 239 g/mol. The van der Waals surface area contributed by atoms with E-state index in [-0.39, 0.29) is 5.82 Å². The van der Waals surface area contributed by atoms with Crippen molar-refractivity contribution in [1.29, 1.82) is 5.26 Å². The molecular formula is C16H15FN2. The average molecular weight is 254 g/mol. The Hall–Kier alpha value is -2.34. The fraction of sp³-hybridized carbons (Fsp3) is 0.188. The molecule has 0 atom stereocenters. The summed E-state index contributed by atoms with van der Waals surface area (Å²) in [5, 5.41) is 12.3. The molecule has 0 bridgehead atoms. The van der Waals surface area contributed by atoms with E-state index in [4.69, 9.17) is 5.26 Å². The van der Waals surface area contributed by atoms with Gasteiger partial charge in [0.15, 0.2) is 0 Å². The number of nitrogens with zero attached hydrogens (tertiary/aromatic N) is 1. The van der Waals surface area contributed by atoms with Gasteiger partial charge in [-0.2, -0.15) is 5.26 Å². The van der Waals surface area contributed by atoms with Crippen molar-refractivity contribution in [1.82, 2.24) is 0 Å². The summed E-state index contributed by atoms with van der Waals surface area (Å²) >= 11 is 0. The Labute approximate surface area is 112 Å². The van der Waals surface area contributed by atoms with Crippen LogP contribution in [0.3, 0.4) is 0 Å². The molecule has 2 rings (SSSR count). The number of nitriles is 1. The van der Waals surface area contributed by atoms with Gasteiger partial charge in [0, 0.05) is 12.2 Å². The molecule has 2 nitrogen and oxygen atoms in total. The molecule has 0 aromatic heterocycles. The van der Waals surface area contributed by atoms with E-state index in [1.165, 1.54) is 23.8 Å². The molecule has 0 saturated heterocycles. The highest BCUT2D eigenvalue weighted by atomic mass is 19.1. The van der Waals surface area contributed by atoms with Gasteiger partial charge in [-0.3, -0.25) is 0 Å². The van der Waals surface area contributed by atoms with Crippen LogP contribution in [-0.4, -0.2) is 0 Å². The van der Waals surface area contributed by atoms with E-state index in [1.807, 2.05) is 32.0 Å². The van der Waals surface area contributed by atoms with Crippen LogP contribution in [0, 0.1) is 31.0 Å². The zero-order valence-electron chi connectivity index (χ0n) is 11.0. The normalized spacial score (nSPS) is 10.0. The Kier molecular flexibility index (Phi) is 3.82. The van der Waals surface area contributed by atoms with Crippen molar-refractivity contribution < 1.29 is 4.39 Å². The highest BCUT2D eigenvalue weighted by molar-refractivity contribution is 5.54. The van der Waals surface area contributed by atoms with E-state index in [2.05, 4.69) is 11.4 Å². The van der Waals surface area contributed by atoms with Crippen LogP contribution in [0.5, 0.6) is 0 Å². The maximum atomic E-state index is 13.2. The molecule has 0 saturated carbocycles. The second kappa shape index (κ2) is 5.53. The van der Waals surface area contributed by atoms with Crippen LogP contribution in [0.25, 0.3) is 0 Å². The van der Waals surface area contributed by atoms with Gasteiger partial charge in [-0.05, 0) is 54.8 Å². The molecule has 2 aromatic rings. The Morgan fingerprint density at radius 2 is 2.00 bits per heavy atom. The molecule has 0 radical (unpaired) electrons. The topological polar surface area (TPSA) is 35.8 Å². The number of aryl methyl sites for hydroxylation is 1. The highest BCUT2D eigenvalue weighted by Gasteiger charge is 2.05. The molecule has 19 heavy (non-hydrogen) atoms. The van der Waals surface area contributed by atoms with Crippen LogP contribution in [0.15, 0.2) is 36.4 Å². The minimum Gasteiger partial charge on any atom is -0.381 e. The van der Waals surface area contributed by atoms with Crippen molar-refractivity contribution in [3.8, 4) is 6.07 Å². The van der Waals surface area contributed by atoms with Crippen LogP contribution in [0.1, 0.15) is 22.3 Å². The molecule has 0 aliphatic carbocycles. The van der Waals surface area contributed by atoms with Crippen LogP contribution in [0.2, 0.25) is 0 Å². The molecule has 2 aromatic carbocycles. The Morgan fingerprint density at radius 1 is 1.21 bits per heavy atom. The SMILES string of the molecule is Cc1cccc(NCc2cc(F)ccc2C#N)c1C. The minimum atomic E-state index is -0.322. The quantitative estimate of drug-likeness (QED) is 0.900. The zero-order valence-corrected chi connectivity index (χ0v) is 11.0. The second-order valence-electron chi connectivity index (χ2n) is 4.51. The summed E-state index contributed by atoms with van der Waals surface area (Å²) in [5.74, 6) is -0.322. The minimum absolute atomic E-state index is 0.322. The monoisotopic (exact) mass is 254 g/mol.